The van der Waals surface area contributed by atoms with Gasteiger partial charge in [-0.3, -0.25) is 0 Å². The van der Waals surface area contributed by atoms with Gasteiger partial charge in [-0.05, 0) is 17.7 Å². The van der Waals surface area contributed by atoms with E-state index in [4.69, 9.17) is 0 Å². The van der Waals surface area contributed by atoms with Crippen LogP contribution in [0.5, 0.6) is 0 Å². The van der Waals surface area contributed by atoms with Crippen LogP contribution in [0, 0.1) is 0 Å². The second-order valence-electron chi connectivity index (χ2n) is 5.19. The summed E-state index contributed by atoms with van der Waals surface area (Å²) in [4.78, 5) is 3.73. The monoisotopic (exact) mass is 348 g/mol. The van der Waals surface area contributed by atoms with Gasteiger partial charge in [-0.1, -0.05) is 12.1 Å². The van der Waals surface area contributed by atoms with Crippen LogP contribution >= 0.6 is 0 Å². The number of hydrogen-bond acceptors (Lipinski definition) is 4. The van der Waals surface area contributed by atoms with Crippen LogP contribution in [0.25, 0.3) is 0 Å². The number of imidazole rings is 1. The van der Waals surface area contributed by atoms with Gasteiger partial charge in [0.25, 0.3) is 0 Å². The van der Waals surface area contributed by atoms with Gasteiger partial charge in [-0.2, -0.15) is 13.2 Å². The molecule has 1 aromatic heterocycles. The van der Waals surface area contributed by atoms with Gasteiger partial charge in [-0.15, -0.1) is 0 Å². The summed E-state index contributed by atoms with van der Waals surface area (Å²) in [6.07, 6.45) is -1.53. The van der Waals surface area contributed by atoms with E-state index in [9.17, 15) is 26.7 Å². The molecule has 2 aromatic rings. The molecule has 0 fully saturated rings. The SMILES string of the molecule is CS(=O)(=O)c1nccn1CC(O)Cc1ccc(C(F)(F)F)cc1. The highest BCUT2D eigenvalue weighted by molar-refractivity contribution is 7.90. The maximum absolute atomic E-state index is 12.5. The molecule has 9 heteroatoms. The van der Waals surface area contributed by atoms with Crippen molar-refractivity contribution in [3.05, 3.63) is 47.8 Å². The van der Waals surface area contributed by atoms with Crippen LogP contribution in [0.4, 0.5) is 13.2 Å². The number of sulfone groups is 1. The highest BCUT2D eigenvalue weighted by Crippen LogP contribution is 2.29. The Morgan fingerprint density at radius 1 is 1.26 bits per heavy atom. The summed E-state index contributed by atoms with van der Waals surface area (Å²) >= 11 is 0. The minimum absolute atomic E-state index is 0.0244. The Morgan fingerprint density at radius 3 is 2.39 bits per heavy atom. The van der Waals surface area contributed by atoms with E-state index in [0.717, 1.165) is 18.4 Å². The Bertz CT molecular complexity index is 767. The van der Waals surface area contributed by atoms with Gasteiger partial charge in [0.1, 0.15) is 0 Å². The summed E-state index contributed by atoms with van der Waals surface area (Å²) in [6.45, 7) is -0.0244. The van der Waals surface area contributed by atoms with E-state index in [1.807, 2.05) is 0 Å². The summed E-state index contributed by atoms with van der Waals surface area (Å²) in [6, 6.07) is 4.47. The van der Waals surface area contributed by atoms with Crippen molar-refractivity contribution < 1.29 is 26.7 Å². The van der Waals surface area contributed by atoms with Crippen LogP contribution in [-0.2, 0) is 29.0 Å². The molecule has 1 unspecified atom stereocenters. The molecule has 0 saturated carbocycles. The van der Waals surface area contributed by atoms with E-state index in [1.54, 1.807) is 0 Å². The highest BCUT2D eigenvalue weighted by atomic mass is 32.2. The summed E-state index contributed by atoms with van der Waals surface area (Å²) in [5.41, 5.74) is -0.240. The number of aromatic nitrogens is 2. The van der Waals surface area contributed by atoms with E-state index in [2.05, 4.69) is 4.98 Å². The van der Waals surface area contributed by atoms with E-state index in [-0.39, 0.29) is 18.1 Å². The second-order valence-corrected chi connectivity index (χ2v) is 7.10. The first-order chi connectivity index (χ1) is 10.6. The van der Waals surface area contributed by atoms with Crippen molar-refractivity contribution in [2.75, 3.05) is 6.26 Å². The fourth-order valence-corrected chi connectivity index (χ4v) is 2.97. The second kappa shape index (κ2) is 6.32. The number of halogens is 3. The summed E-state index contributed by atoms with van der Waals surface area (Å²) < 4.78 is 61.7. The Hall–Kier alpha value is -1.87. The van der Waals surface area contributed by atoms with Crippen molar-refractivity contribution >= 4 is 9.84 Å². The molecule has 0 aliphatic carbocycles. The van der Waals surface area contributed by atoms with Crippen molar-refractivity contribution in [2.24, 2.45) is 0 Å². The van der Waals surface area contributed by atoms with Gasteiger partial charge in [0.2, 0.25) is 15.0 Å². The number of alkyl halides is 3. The molecule has 1 heterocycles. The molecule has 2 rings (SSSR count). The maximum atomic E-state index is 12.5. The zero-order valence-corrected chi connectivity index (χ0v) is 13.0. The van der Waals surface area contributed by atoms with E-state index >= 15 is 0 Å². The number of aliphatic hydroxyl groups is 1. The van der Waals surface area contributed by atoms with Crippen LogP contribution in [0.1, 0.15) is 11.1 Å². The molecule has 0 amide bonds. The molecule has 1 atom stereocenters. The van der Waals surface area contributed by atoms with Crippen molar-refractivity contribution in [3.63, 3.8) is 0 Å². The Kier molecular flexibility index (Phi) is 4.81. The lowest BCUT2D eigenvalue weighted by Crippen LogP contribution is -2.21. The van der Waals surface area contributed by atoms with Crippen molar-refractivity contribution in [3.8, 4) is 0 Å². The molecule has 0 spiro atoms. The first kappa shape index (κ1) is 17.5. The van der Waals surface area contributed by atoms with Crippen molar-refractivity contribution in [1.82, 2.24) is 9.55 Å². The normalized spacial score (nSPS) is 14.0. The molecule has 23 heavy (non-hydrogen) atoms. The van der Waals surface area contributed by atoms with Crippen molar-refractivity contribution in [1.29, 1.82) is 0 Å². The molecular weight excluding hydrogens is 333 g/mol. The molecular formula is C14H15F3N2O3S. The van der Waals surface area contributed by atoms with Crippen LogP contribution in [0.15, 0.2) is 41.8 Å². The Morgan fingerprint density at radius 2 is 1.87 bits per heavy atom. The molecule has 1 aromatic carbocycles. The van der Waals surface area contributed by atoms with Crippen LogP contribution in [0.3, 0.4) is 0 Å². The van der Waals surface area contributed by atoms with E-state index < -0.39 is 27.7 Å². The minimum Gasteiger partial charge on any atom is -0.391 e. The molecule has 0 aliphatic rings. The number of hydrogen-bond donors (Lipinski definition) is 1. The number of aliphatic hydroxyl groups excluding tert-OH is 1. The first-order valence-electron chi connectivity index (χ1n) is 6.63. The highest BCUT2D eigenvalue weighted by Gasteiger charge is 2.30. The lowest BCUT2D eigenvalue weighted by Gasteiger charge is -2.14. The Balaban J connectivity index is 2.06. The number of nitrogens with zero attached hydrogens (tertiary/aromatic N) is 2. The van der Waals surface area contributed by atoms with Gasteiger partial charge in [0, 0.05) is 25.1 Å². The fourth-order valence-electron chi connectivity index (χ4n) is 2.16. The summed E-state index contributed by atoms with van der Waals surface area (Å²) in [5.74, 6) is 0. The van der Waals surface area contributed by atoms with Crippen LogP contribution in [0.2, 0.25) is 0 Å². The molecule has 0 saturated heterocycles. The van der Waals surface area contributed by atoms with E-state index in [1.165, 1.54) is 29.1 Å². The van der Waals surface area contributed by atoms with Crippen LogP contribution in [-0.4, -0.2) is 35.4 Å². The molecule has 0 aliphatic heterocycles. The summed E-state index contributed by atoms with van der Waals surface area (Å²) in [5, 5.41) is 9.87. The molecule has 0 bridgehead atoms. The third kappa shape index (κ3) is 4.55. The molecule has 126 valence electrons. The van der Waals surface area contributed by atoms with E-state index in [0.29, 0.717) is 5.56 Å². The van der Waals surface area contributed by atoms with Gasteiger partial charge in [0.15, 0.2) is 0 Å². The smallest absolute Gasteiger partial charge is 0.391 e. The third-order valence-corrected chi connectivity index (χ3v) is 4.17. The standard InChI is InChI=1S/C14H15F3N2O3S/c1-23(21,22)13-18-6-7-19(13)9-12(20)8-10-2-4-11(5-3-10)14(15,16)17/h2-7,12,20H,8-9H2,1H3. The molecule has 0 radical (unpaired) electrons. The third-order valence-electron chi connectivity index (χ3n) is 3.17. The number of rotatable bonds is 5. The maximum Gasteiger partial charge on any atom is 0.416 e. The van der Waals surface area contributed by atoms with Gasteiger partial charge in [0.05, 0.1) is 18.2 Å². The molecule has 1 N–H and O–H groups in total. The average molecular weight is 348 g/mol. The lowest BCUT2D eigenvalue weighted by molar-refractivity contribution is -0.137. The first-order valence-corrected chi connectivity index (χ1v) is 8.52. The van der Waals surface area contributed by atoms with Gasteiger partial charge in [-0.25, -0.2) is 13.4 Å². The number of benzene rings is 1. The quantitative estimate of drug-likeness (QED) is 0.896. The predicted octanol–water partition coefficient (Wildman–Crippen LogP) is 1.91. The minimum atomic E-state index is -4.40. The lowest BCUT2D eigenvalue weighted by atomic mass is 10.1. The van der Waals surface area contributed by atoms with Crippen LogP contribution < -0.4 is 0 Å². The largest absolute Gasteiger partial charge is 0.416 e. The average Bonchev–Trinajstić information content (AvgIpc) is 2.86. The Labute approximate surface area is 131 Å². The topological polar surface area (TPSA) is 72.2 Å². The fraction of sp³-hybridized carbons (Fsp3) is 0.357. The molecule has 5 nitrogen and oxygen atoms in total. The predicted molar refractivity (Wildman–Crippen MR) is 76.5 cm³/mol. The summed E-state index contributed by atoms with van der Waals surface area (Å²) in [7, 11) is -3.51. The van der Waals surface area contributed by atoms with Crippen molar-refractivity contribution in [2.45, 2.75) is 30.4 Å². The van der Waals surface area contributed by atoms with Gasteiger partial charge >= 0.3 is 6.18 Å². The zero-order valence-electron chi connectivity index (χ0n) is 12.2. The zero-order chi connectivity index (χ0) is 17.3. The van der Waals surface area contributed by atoms with Gasteiger partial charge < -0.3 is 9.67 Å².